The summed E-state index contributed by atoms with van der Waals surface area (Å²) >= 11 is 1.72. The fourth-order valence-electron chi connectivity index (χ4n) is 2.05. The van der Waals surface area contributed by atoms with Gasteiger partial charge in [0.05, 0.1) is 6.20 Å². The van der Waals surface area contributed by atoms with Crippen LogP contribution in [0.4, 0.5) is 5.69 Å². The second-order valence-electron chi connectivity index (χ2n) is 4.27. The normalized spacial score (nSPS) is 10.8. The molecule has 19 heavy (non-hydrogen) atoms. The van der Waals surface area contributed by atoms with Gasteiger partial charge in [-0.15, -0.1) is 16.9 Å². The van der Waals surface area contributed by atoms with E-state index < -0.39 is 0 Å². The Kier molecular flexibility index (Phi) is 3.09. The molecule has 2 aromatic carbocycles. The Morgan fingerprint density at radius 2 is 1.84 bits per heavy atom. The molecule has 0 atom stereocenters. The lowest BCUT2D eigenvalue weighted by molar-refractivity contribution is 1.06. The minimum Gasteiger partial charge on any atom is -0.399 e. The zero-order valence-electron chi connectivity index (χ0n) is 10.5. The zero-order valence-corrected chi connectivity index (χ0v) is 11.3. The van der Waals surface area contributed by atoms with Crippen molar-refractivity contribution in [2.24, 2.45) is 0 Å². The molecular weight excluding hydrogens is 254 g/mol. The second kappa shape index (κ2) is 4.90. The number of benzene rings is 2. The average molecular weight is 267 g/mol. The second-order valence-corrected chi connectivity index (χ2v) is 5.15. The van der Waals surface area contributed by atoms with Gasteiger partial charge in [-0.1, -0.05) is 18.2 Å². The monoisotopic (exact) mass is 267 g/mol. The lowest BCUT2D eigenvalue weighted by Crippen LogP contribution is -1.91. The topological polar surface area (TPSA) is 51.8 Å². The van der Waals surface area contributed by atoms with Gasteiger partial charge in [0.1, 0.15) is 5.69 Å². The molecule has 0 aliphatic heterocycles. The highest BCUT2D eigenvalue weighted by Gasteiger charge is 2.06. The molecule has 3 rings (SSSR count). The lowest BCUT2D eigenvalue weighted by atomic mass is 10.1. The van der Waals surface area contributed by atoms with Crippen molar-refractivity contribution in [3.8, 4) is 11.3 Å². The summed E-state index contributed by atoms with van der Waals surface area (Å²) in [6, 6.07) is 14.0. The number of anilines is 1. The maximum absolute atomic E-state index is 5.72. The number of hydrogen-bond donors (Lipinski definition) is 1. The van der Waals surface area contributed by atoms with Crippen molar-refractivity contribution in [3.05, 3.63) is 48.7 Å². The summed E-state index contributed by atoms with van der Waals surface area (Å²) < 4.78 is 0. The Hall–Kier alpha value is -2.07. The van der Waals surface area contributed by atoms with Crippen LogP contribution in [-0.4, -0.2) is 16.5 Å². The van der Waals surface area contributed by atoms with Crippen molar-refractivity contribution in [1.29, 1.82) is 0 Å². The van der Waals surface area contributed by atoms with Gasteiger partial charge in [-0.2, -0.15) is 5.10 Å². The van der Waals surface area contributed by atoms with Crippen LogP contribution in [0.1, 0.15) is 0 Å². The van der Waals surface area contributed by atoms with Crippen molar-refractivity contribution in [2.75, 3.05) is 12.0 Å². The van der Waals surface area contributed by atoms with Crippen LogP contribution >= 0.6 is 11.8 Å². The number of thioether (sulfide) groups is 1. The molecule has 1 aromatic heterocycles. The molecule has 0 unspecified atom stereocenters. The molecule has 94 valence electrons. The van der Waals surface area contributed by atoms with E-state index in [0.29, 0.717) is 0 Å². The Morgan fingerprint density at radius 1 is 1.05 bits per heavy atom. The number of fused-ring (bicyclic) bond motifs is 1. The quantitative estimate of drug-likeness (QED) is 0.569. The third-order valence-corrected chi connectivity index (χ3v) is 3.78. The first kappa shape index (κ1) is 12.0. The average Bonchev–Trinajstić information content (AvgIpc) is 2.47. The van der Waals surface area contributed by atoms with Crippen molar-refractivity contribution in [1.82, 2.24) is 10.2 Å². The molecule has 0 aliphatic rings. The molecule has 2 N–H and O–H groups in total. The molecule has 0 aliphatic carbocycles. The SMILES string of the molecule is CSc1ccc2c(-c3ccc(N)cc3)nncc2c1. The maximum Gasteiger partial charge on any atom is 0.101 e. The van der Waals surface area contributed by atoms with Crippen LogP contribution < -0.4 is 5.73 Å². The van der Waals surface area contributed by atoms with Gasteiger partial charge in [-0.3, -0.25) is 0 Å². The van der Waals surface area contributed by atoms with Crippen LogP contribution in [0.2, 0.25) is 0 Å². The highest BCUT2D eigenvalue weighted by molar-refractivity contribution is 7.98. The fraction of sp³-hybridized carbons (Fsp3) is 0.0667. The third kappa shape index (κ3) is 2.27. The molecule has 4 heteroatoms. The highest BCUT2D eigenvalue weighted by atomic mass is 32.2. The van der Waals surface area contributed by atoms with E-state index in [1.165, 1.54) is 4.90 Å². The summed E-state index contributed by atoms with van der Waals surface area (Å²) in [5.74, 6) is 0. The smallest absolute Gasteiger partial charge is 0.101 e. The van der Waals surface area contributed by atoms with Gasteiger partial charge in [0.25, 0.3) is 0 Å². The molecular formula is C15H13N3S. The summed E-state index contributed by atoms with van der Waals surface area (Å²) in [6.45, 7) is 0. The largest absolute Gasteiger partial charge is 0.399 e. The molecule has 1 heterocycles. The minimum absolute atomic E-state index is 0.751. The van der Waals surface area contributed by atoms with E-state index in [4.69, 9.17) is 5.73 Å². The van der Waals surface area contributed by atoms with Gasteiger partial charge in [0, 0.05) is 26.9 Å². The Balaban J connectivity index is 2.21. The number of rotatable bonds is 2. The minimum atomic E-state index is 0.751. The number of nitrogen functional groups attached to an aromatic ring is 1. The summed E-state index contributed by atoms with van der Waals surface area (Å²) in [6.07, 6.45) is 3.87. The molecule has 0 fully saturated rings. The Morgan fingerprint density at radius 3 is 2.58 bits per heavy atom. The van der Waals surface area contributed by atoms with Gasteiger partial charge < -0.3 is 5.73 Å². The highest BCUT2D eigenvalue weighted by Crippen LogP contribution is 2.28. The predicted molar refractivity (Wildman–Crippen MR) is 81.2 cm³/mol. The summed E-state index contributed by atoms with van der Waals surface area (Å²) in [7, 11) is 0. The van der Waals surface area contributed by atoms with E-state index in [1.54, 1.807) is 18.0 Å². The Bertz CT molecular complexity index is 723. The van der Waals surface area contributed by atoms with Crippen molar-refractivity contribution >= 4 is 28.2 Å². The first-order valence-electron chi connectivity index (χ1n) is 5.93. The number of hydrogen-bond acceptors (Lipinski definition) is 4. The predicted octanol–water partition coefficient (Wildman–Crippen LogP) is 3.60. The summed E-state index contributed by atoms with van der Waals surface area (Å²) in [5, 5.41) is 10.6. The van der Waals surface area contributed by atoms with E-state index in [-0.39, 0.29) is 0 Å². The summed E-state index contributed by atoms with van der Waals surface area (Å²) in [4.78, 5) is 1.23. The summed E-state index contributed by atoms with van der Waals surface area (Å²) in [5.41, 5.74) is 8.39. The van der Waals surface area contributed by atoms with E-state index in [2.05, 4.69) is 34.7 Å². The van der Waals surface area contributed by atoms with Crippen LogP contribution in [0.5, 0.6) is 0 Å². The maximum atomic E-state index is 5.72. The van der Waals surface area contributed by atoms with E-state index >= 15 is 0 Å². The van der Waals surface area contributed by atoms with Crippen LogP contribution in [0.3, 0.4) is 0 Å². The van der Waals surface area contributed by atoms with Gasteiger partial charge in [0.15, 0.2) is 0 Å². The van der Waals surface area contributed by atoms with Crippen LogP contribution in [0.25, 0.3) is 22.0 Å². The Labute approximate surface area is 115 Å². The van der Waals surface area contributed by atoms with Crippen LogP contribution in [-0.2, 0) is 0 Å². The van der Waals surface area contributed by atoms with Crippen molar-refractivity contribution < 1.29 is 0 Å². The molecule has 0 amide bonds. The van der Waals surface area contributed by atoms with E-state index in [1.807, 2.05) is 24.3 Å². The first-order chi connectivity index (χ1) is 9.28. The van der Waals surface area contributed by atoms with Gasteiger partial charge in [-0.05, 0) is 30.5 Å². The van der Waals surface area contributed by atoms with Crippen LogP contribution in [0, 0.1) is 0 Å². The third-order valence-electron chi connectivity index (χ3n) is 3.05. The molecule has 0 saturated heterocycles. The van der Waals surface area contributed by atoms with E-state index in [9.17, 15) is 0 Å². The zero-order chi connectivity index (χ0) is 13.2. The molecule has 0 saturated carbocycles. The number of aromatic nitrogens is 2. The first-order valence-corrected chi connectivity index (χ1v) is 7.16. The molecule has 0 bridgehead atoms. The fourth-order valence-corrected chi connectivity index (χ4v) is 2.50. The molecule has 3 nitrogen and oxygen atoms in total. The number of nitrogens with two attached hydrogens (primary N) is 1. The molecule has 0 radical (unpaired) electrons. The lowest BCUT2D eigenvalue weighted by Gasteiger charge is -2.06. The van der Waals surface area contributed by atoms with Gasteiger partial charge >= 0.3 is 0 Å². The standard InChI is InChI=1S/C15H13N3S/c1-19-13-6-7-14-11(8-13)9-17-18-15(14)10-2-4-12(16)5-3-10/h2-9H,16H2,1H3. The van der Waals surface area contributed by atoms with Gasteiger partial charge in [-0.25, -0.2) is 0 Å². The van der Waals surface area contributed by atoms with E-state index in [0.717, 1.165) is 27.7 Å². The van der Waals surface area contributed by atoms with Crippen LogP contribution in [0.15, 0.2) is 53.6 Å². The van der Waals surface area contributed by atoms with Gasteiger partial charge in [0.2, 0.25) is 0 Å². The number of nitrogens with zero attached hydrogens (tertiary/aromatic N) is 2. The molecule has 0 spiro atoms. The molecule has 3 aromatic rings. The van der Waals surface area contributed by atoms with Crippen molar-refractivity contribution in [3.63, 3.8) is 0 Å². The van der Waals surface area contributed by atoms with Crippen molar-refractivity contribution in [2.45, 2.75) is 4.90 Å².